The van der Waals surface area contributed by atoms with Crippen molar-refractivity contribution in [3.05, 3.63) is 58.9 Å². The van der Waals surface area contributed by atoms with Crippen molar-refractivity contribution in [2.75, 3.05) is 0 Å². The number of amides is 2. The van der Waals surface area contributed by atoms with Crippen LogP contribution in [0.15, 0.2) is 30.3 Å². The van der Waals surface area contributed by atoms with Crippen molar-refractivity contribution in [2.45, 2.75) is 44.6 Å². The highest BCUT2D eigenvalue weighted by molar-refractivity contribution is 6.06. The minimum absolute atomic E-state index is 0.000680. The number of hydrogen-bond donors (Lipinski definition) is 0. The average Bonchev–Trinajstić information content (AvgIpc) is 3.38. The summed E-state index contributed by atoms with van der Waals surface area (Å²) in [6.07, 6.45) is 2.17. The number of aryl methyl sites for hydroxylation is 1. The van der Waals surface area contributed by atoms with Crippen molar-refractivity contribution in [1.29, 1.82) is 0 Å². The first-order valence-electron chi connectivity index (χ1n) is 8.46. The van der Waals surface area contributed by atoms with E-state index in [1.54, 1.807) is 24.3 Å². The van der Waals surface area contributed by atoms with Gasteiger partial charge in [0.25, 0.3) is 0 Å². The molecule has 1 saturated carbocycles. The van der Waals surface area contributed by atoms with Gasteiger partial charge in [0.1, 0.15) is 11.6 Å². The van der Waals surface area contributed by atoms with Crippen molar-refractivity contribution in [1.82, 2.24) is 14.9 Å². The Hall–Kier alpha value is -2.63. The topological polar surface area (TPSA) is 63.2 Å². The highest BCUT2D eigenvalue weighted by Crippen LogP contribution is 2.38. The van der Waals surface area contributed by atoms with E-state index in [-0.39, 0.29) is 30.3 Å². The van der Waals surface area contributed by atoms with Gasteiger partial charge in [-0.15, -0.1) is 0 Å². The maximum atomic E-state index is 14.0. The lowest BCUT2D eigenvalue weighted by atomic mass is 9.97. The number of rotatable bonds is 4. The number of nitrogens with zero attached hydrogens (tertiary/aromatic N) is 3. The van der Waals surface area contributed by atoms with Crippen LogP contribution in [0.2, 0.25) is 0 Å². The molecule has 2 aromatic rings. The van der Waals surface area contributed by atoms with Gasteiger partial charge in [0.15, 0.2) is 0 Å². The van der Waals surface area contributed by atoms with E-state index in [2.05, 4.69) is 9.97 Å². The number of likely N-dealkylation sites (tertiary alicyclic amines) is 1. The summed E-state index contributed by atoms with van der Waals surface area (Å²) in [5.41, 5.74) is 1.77. The van der Waals surface area contributed by atoms with Gasteiger partial charge in [0.05, 0.1) is 18.2 Å². The molecule has 1 saturated heterocycles. The molecule has 4 rings (SSSR count). The van der Waals surface area contributed by atoms with Gasteiger partial charge in [-0.3, -0.25) is 14.5 Å². The van der Waals surface area contributed by atoms with Crippen LogP contribution in [0.3, 0.4) is 0 Å². The zero-order chi connectivity index (χ0) is 17.6. The van der Waals surface area contributed by atoms with Gasteiger partial charge in [-0.2, -0.15) is 0 Å². The number of benzene rings is 1. The Morgan fingerprint density at radius 1 is 1.20 bits per heavy atom. The zero-order valence-electron chi connectivity index (χ0n) is 13.9. The van der Waals surface area contributed by atoms with Crippen molar-refractivity contribution in [2.24, 2.45) is 0 Å². The van der Waals surface area contributed by atoms with Crippen LogP contribution in [-0.2, 0) is 16.1 Å². The van der Waals surface area contributed by atoms with Crippen molar-refractivity contribution >= 4 is 11.8 Å². The molecule has 1 aliphatic heterocycles. The number of aromatic nitrogens is 2. The van der Waals surface area contributed by atoms with Gasteiger partial charge in [-0.25, -0.2) is 14.4 Å². The maximum Gasteiger partial charge on any atom is 0.237 e. The summed E-state index contributed by atoms with van der Waals surface area (Å²) in [5, 5.41) is 0. The smallest absolute Gasteiger partial charge is 0.237 e. The fraction of sp³-hybridized carbons (Fsp3) is 0.368. The van der Waals surface area contributed by atoms with E-state index in [1.807, 2.05) is 6.92 Å². The molecule has 2 heterocycles. The molecule has 2 amide bonds. The lowest BCUT2D eigenvalue weighted by Crippen LogP contribution is -2.30. The second kappa shape index (κ2) is 6.02. The highest BCUT2D eigenvalue weighted by atomic mass is 19.1. The quantitative estimate of drug-likeness (QED) is 0.804. The Morgan fingerprint density at radius 3 is 2.68 bits per heavy atom. The van der Waals surface area contributed by atoms with Gasteiger partial charge in [-0.1, -0.05) is 18.2 Å². The molecule has 0 spiro atoms. The predicted molar refractivity (Wildman–Crippen MR) is 88.1 cm³/mol. The SMILES string of the molecule is Cc1cc(CN2C(=O)CC(c3ccccc3F)C2=O)nc(C2CC2)n1. The lowest BCUT2D eigenvalue weighted by Gasteiger charge is -2.15. The Bertz CT molecular complexity index is 863. The average molecular weight is 339 g/mol. The van der Waals surface area contributed by atoms with Crippen molar-refractivity contribution in [3.63, 3.8) is 0 Å². The summed E-state index contributed by atoms with van der Waals surface area (Å²) in [6.45, 7) is 2.00. The van der Waals surface area contributed by atoms with E-state index in [0.29, 0.717) is 11.6 Å². The third kappa shape index (κ3) is 3.04. The number of halogens is 1. The third-order valence-corrected chi connectivity index (χ3v) is 4.71. The molecule has 6 heteroatoms. The molecule has 1 aliphatic carbocycles. The molecule has 2 aliphatic rings. The van der Waals surface area contributed by atoms with Crippen LogP contribution in [0.1, 0.15) is 53.9 Å². The Balaban J connectivity index is 1.58. The molecule has 1 aromatic carbocycles. The van der Waals surface area contributed by atoms with Crippen LogP contribution in [0, 0.1) is 12.7 Å². The van der Waals surface area contributed by atoms with Crippen LogP contribution in [0.25, 0.3) is 0 Å². The van der Waals surface area contributed by atoms with Crippen LogP contribution in [-0.4, -0.2) is 26.7 Å². The summed E-state index contributed by atoms with van der Waals surface area (Å²) >= 11 is 0. The predicted octanol–water partition coefficient (Wildman–Crippen LogP) is 2.84. The summed E-state index contributed by atoms with van der Waals surface area (Å²) in [4.78, 5) is 35.2. The van der Waals surface area contributed by atoms with Gasteiger partial charge in [0.2, 0.25) is 11.8 Å². The summed E-state index contributed by atoms with van der Waals surface area (Å²) in [6, 6.07) is 7.92. The molecule has 2 fully saturated rings. The highest BCUT2D eigenvalue weighted by Gasteiger charge is 2.40. The molecule has 0 bridgehead atoms. The largest absolute Gasteiger partial charge is 0.276 e. The molecule has 128 valence electrons. The van der Waals surface area contributed by atoms with Crippen LogP contribution >= 0.6 is 0 Å². The first kappa shape index (κ1) is 15.9. The van der Waals surface area contributed by atoms with Crippen molar-refractivity contribution in [3.8, 4) is 0 Å². The van der Waals surface area contributed by atoms with E-state index < -0.39 is 11.7 Å². The normalized spacial score (nSPS) is 20.4. The minimum Gasteiger partial charge on any atom is -0.276 e. The zero-order valence-corrected chi connectivity index (χ0v) is 13.9. The van der Waals surface area contributed by atoms with Crippen LogP contribution < -0.4 is 0 Å². The second-order valence-electron chi connectivity index (χ2n) is 6.73. The molecular formula is C19H18FN3O2. The molecule has 1 unspecified atom stereocenters. The van der Waals surface area contributed by atoms with Crippen molar-refractivity contribution < 1.29 is 14.0 Å². The van der Waals surface area contributed by atoms with E-state index in [9.17, 15) is 14.0 Å². The first-order chi connectivity index (χ1) is 12.0. The van der Waals surface area contributed by atoms with Gasteiger partial charge in [0, 0.05) is 23.6 Å². The van der Waals surface area contributed by atoms with Gasteiger partial charge < -0.3 is 0 Å². The minimum atomic E-state index is -0.750. The number of carbonyl (C=O) groups is 2. The number of imide groups is 1. The molecule has 1 aromatic heterocycles. The number of carbonyl (C=O) groups excluding carboxylic acids is 2. The van der Waals surface area contributed by atoms with Crippen LogP contribution in [0.4, 0.5) is 4.39 Å². The molecule has 0 radical (unpaired) electrons. The molecule has 5 nitrogen and oxygen atoms in total. The monoisotopic (exact) mass is 339 g/mol. The number of hydrogen-bond acceptors (Lipinski definition) is 4. The lowest BCUT2D eigenvalue weighted by molar-refractivity contribution is -0.139. The Morgan fingerprint density at radius 2 is 1.96 bits per heavy atom. The van der Waals surface area contributed by atoms with E-state index in [1.165, 1.54) is 11.0 Å². The molecule has 25 heavy (non-hydrogen) atoms. The molecular weight excluding hydrogens is 321 g/mol. The van der Waals surface area contributed by atoms with E-state index in [0.717, 1.165) is 24.4 Å². The summed E-state index contributed by atoms with van der Waals surface area (Å²) in [7, 11) is 0. The summed E-state index contributed by atoms with van der Waals surface area (Å²) in [5.74, 6) is -0.666. The Kier molecular flexibility index (Phi) is 3.82. The Labute approximate surface area is 144 Å². The maximum absolute atomic E-state index is 14.0. The first-order valence-corrected chi connectivity index (χ1v) is 8.46. The second-order valence-corrected chi connectivity index (χ2v) is 6.73. The fourth-order valence-corrected chi connectivity index (χ4v) is 3.28. The van der Waals surface area contributed by atoms with Gasteiger partial charge in [-0.05, 0) is 31.9 Å². The van der Waals surface area contributed by atoms with E-state index in [4.69, 9.17) is 0 Å². The molecule has 0 N–H and O–H groups in total. The third-order valence-electron chi connectivity index (χ3n) is 4.71. The fourth-order valence-electron chi connectivity index (χ4n) is 3.28. The molecule has 1 atom stereocenters. The summed E-state index contributed by atoms with van der Waals surface area (Å²) < 4.78 is 14.0. The van der Waals surface area contributed by atoms with E-state index >= 15 is 0 Å². The van der Waals surface area contributed by atoms with Gasteiger partial charge >= 0.3 is 0 Å². The van der Waals surface area contributed by atoms with Crippen LogP contribution in [0.5, 0.6) is 0 Å². The standard InChI is InChI=1S/C19H18FN3O2/c1-11-8-13(22-18(21-11)12-6-7-12)10-23-17(24)9-15(19(23)25)14-4-2-3-5-16(14)20/h2-5,8,12,15H,6-7,9-10H2,1H3.